The molecule has 4 heteroatoms. The number of hydrogen-bond acceptors (Lipinski definition) is 3. The van der Waals surface area contributed by atoms with Crippen molar-refractivity contribution in [3.8, 4) is 0 Å². The van der Waals surface area contributed by atoms with Crippen molar-refractivity contribution in [2.75, 3.05) is 11.9 Å². The summed E-state index contributed by atoms with van der Waals surface area (Å²) in [5.74, 6) is -0.299. The van der Waals surface area contributed by atoms with Crippen molar-refractivity contribution >= 4 is 23.3 Å². The van der Waals surface area contributed by atoms with Gasteiger partial charge in [-0.25, -0.2) is 4.79 Å². The van der Waals surface area contributed by atoms with Crippen molar-refractivity contribution in [3.63, 3.8) is 0 Å². The topological polar surface area (TPSA) is 38.3 Å². The molecule has 21 heavy (non-hydrogen) atoms. The molecule has 0 aromatic heterocycles. The Morgan fingerprint density at radius 1 is 1.24 bits per heavy atom. The van der Waals surface area contributed by atoms with Gasteiger partial charge in [-0.3, -0.25) is 0 Å². The lowest BCUT2D eigenvalue weighted by molar-refractivity contribution is -0.144. The first-order valence-corrected chi connectivity index (χ1v) is 7.24. The smallest absolute Gasteiger partial charge is 0.333 e. The predicted molar refractivity (Wildman–Crippen MR) is 85.6 cm³/mol. The van der Waals surface area contributed by atoms with Crippen LogP contribution in [0.2, 0.25) is 5.02 Å². The van der Waals surface area contributed by atoms with Crippen LogP contribution in [0.1, 0.15) is 24.1 Å². The third-order valence-electron chi connectivity index (χ3n) is 3.16. The third-order valence-corrected chi connectivity index (χ3v) is 3.39. The minimum atomic E-state index is -0.551. The van der Waals surface area contributed by atoms with Gasteiger partial charge in [0.25, 0.3) is 0 Å². The van der Waals surface area contributed by atoms with Gasteiger partial charge in [0.2, 0.25) is 0 Å². The maximum atomic E-state index is 12.3. The molecule has 0 radical (unpaired) electrons. The maximum Gasteiger partial charge on any atom is 0.333 e. The Morgan fingerprint density at radius 2 is 2.00 bits per heavy atom. The zero-order valence-electron chi connectivity index (χ0n) is 12.1. The number of carbonyl (C=O) groups is 1. The molecule has 0 amide bonds. The number of rotatable bonds is 5. The summed E-state index contributed by atoms with van der Waals surface area (Å²) in [5, 5.41) is 3.82. The standard InChI is InChI=1S/C17H18ClNO2/c1-3-21-17(20)16(15-10-5-4-7-12(15)2)19-14-9-6-8-13(18)11-14/h4-11,16,19H,3H2,1-2H3. The van der Waals surface area contributed by atoms with Crippen molar-refractivity contribution in [1.82, 2.24) is 0 Å². The summed E-state index contributed by atoms with van der Waals surface area (Å²) in [5.41, 5.74) is 2.71. The quantitative estimate of drug-likeness (QED) is 0.834. The minimum absolute atomic E-state index is 0.299. The van der Waals surface area contributed by atoms with Crippen LogP contribution >= 0.6 is 11.6 Å². The molecule has 1 unspecified atom stereocenters. The van der Waals surface area contributed by atoms with Crippen LogP contribution in [0.5, 0.6) is 0 Å². The van der Waals surface area contributed by atoms with Crippen molar-refractivity contribution < 1.29 is 9.53 Å². The molecule has 0 fully saturated rings. The number of carbonyl (C=O) groups excluding carboxylic acids is 1. The van der Waals surface area contributed by atoms with Crippen LogP contribution in [-0.4, -0.2) is 12.6 Å². The van der Waals surface area contributed by atoms with Crippen LogP contribution in [0.3, 0.4) is 0 Å². The van der Waals surface area contributed by atoms with E-state index >= 15 is 0 Å². The van der Waals surface area contributed by atoms with Crippen LogP contribution in [0.15, 0.2) is 48.5 Å². The lowest BCUT2D eigenvalue weighted by Gasteiger charge is -2.20. The van der Waals surface area contributed by atoms with E-state index in [1.54, 1.807) is 19.1 Å². The highest BCUT2D eigenvalue weighted by Crippen LogP contribution is 2.25. The number of anilines is 1. The van der Waals surface area contributed by atoms with Crippen LogP contribution in [0, 0.1) is 6.92 Å². The number of esters is 1. The average molecular weight is 304 g/mol. The van der Waals surface area contributed by atoms with E-state index in [9.17, 15) is 4.79 Å². The molecule has 0 saturated heterocycles. The van der Waals surface area contributed by atoms with Crippen LogP contribution in [-0.2, 0) is 9.53 Å². The van der Waals surface area contributed by atoms with Gasteiger partial charge in [0.05, 0.1) is 6.61 Å². The number of hydrogen-bond donors (Lipinski definition) is 1. The predicted octanol–water partition coefficient (Wildman–Crippen LogP) is 4.36. The molecule has 110 valence electrons. The monoisotopic (exact) mass is 303 g/mol. The van der Waals surface area contributed by atoms with Crippen molar-refractivity contribution in [2.24, 2.45) is 0 Å². The van der Waals surface area contributed by atoms with Crippen LogP contribution in [0.25, 0.3) is 0 Å². The fourth-order valence-electron chi connectivity index (χ4n) is 2.14. The highest BCUT2D eigenvalue weighted by atomic mass is 35.5. The van der Waals surface area contributed by atoms with Gasteiger partial charge in [-0.15, -0.1) is 0 Å². The Kier molecular flexibility index (Phi) is 5.23. The molecule has 2 aromatic carbocycles. The Bertz CT molecular complexity index is 628. The van der Waals surface area contributed by atoms with E-state index in [-0.39, 0.29) is 5.97 Å². The van der Waals surface area contributed by atoms with Gasteiger partial charge < -0.3 is 10.1 Å². The molecule has 0 heterocycles. The number of aryl methyl sites for hydroxylation is 1. The fraction of sp³-hybridized carbons (Fsp3) is 0.235. The molecule has 3 nitrogen and oxygen atoms in total. The zero-order chi connectivity index (χ0) is 15.2. The first-order valence-electron chi connectivity index (χ1n) is 6.86. The lowest BCUT2D eigenvalue weighted by atomic mass is 10.0. The van der Waals surface area contributed by atoms with Gasteiger partial charge >= 0.3 is 5.97 Å². The summed E-state index contributed by atoms with van der Waals surface area (Å²) in [6, 6.07) is 14.5. The number of benzene rings is 2. The van der Waals surface area contributed by atoms with Crippen molar-refractivity contribution in [1.29, 1.82) is 0 Å². The second-order valence-corrected chi connectivity index (χ2v) is 5.13. The molecule has 1 N–H and O–H groups in total. The molecule has 0 aliphatic rings. The normalized spacial score (nSPS) is 11.8. The second-order valence-electron chi connectivity index (χ2n) is 4.70. The maximum absolute atomic E-state index is 12.3. The summed E-state index contributed by atoms with van der Waals surface area (Å²) in [7, 11) is 0. The van der Waals surface area contributed by atoms with E-state index in [1.165, 1.54) is 0 Å². The summed E-state index contributed by atoms with van der Waals surface area (Å²) in [6.45, 7) is 4.12. The van der Waals surface area contributed by atoms with Gasteiger partial charge in [0.1, 0.15) is 0 Å². The molecule has 0 aliphatic carbocycles. The fourth-order valence-corrected chi connectivity index (χ4v) is 2.34. The molecule has 2 rings (SSSR count). The molecule has 0 aliphatic heterocycles. The van der Waals surface area contributed by atoms with Crippen LogP contribution in [0.4, 0.5) is 5.69 Å². The molecule has 0 saturated carbocycles. The van der Waals surface area contributed by atoms with E-state index < -0.39 is 6.04 Å². The van der Waals surface area contributed by atoms with E-state index in [0.717, 1.165) is 16.8 Å². The van der Waals surface area contributed by atoms with E-state index in [1.807, 2.05) is 43.3 Å². The molecule has 0 bridgehead atoms. The zero-order valence-corrected chi connectivity index (χ0v) is 12.9. The molecular formula is C17H18ClNO2. The Morgan fingerprint density at radius 3 is 2.67 bits per heavy atom. The van der Waals surface area contributed by atoms with E-state index in [4.69, 9.17) is 16.3 Å². The first-order chi connectivity index (χ1) is 10.1. The number of halogens is 1. The summed E-state index contributed by atoms with van der Waals surface area (Å²) < 4.78 is 5.18. The van der Waals surface area contributed by atoms with Gasteiger partial charge in [0.15, 0.2) is 6.04 Å². The Labute approximate surface area is 129 Å². The third kappa shape index (κ3) is 3.99. The Balaban J connectivity index is 2.33. The number of ether oxygens (including phenoxy) is 1. The SMILES string of the molecule is CCOC(=O)C(Nc1cccc(Cl)c1)c1ccccc1C. The van der Waals surface area contributed by atoms with Gasteiger partial charge in [-0.05, 0) is 43.2 Å². The largest absolute Gasteiger partial charge is 0.464 e. The number of nitrogens with one attached hydrogen (secondary N) is 1. The highest BCUT2D eigenvalue weighted by Gasteiger charge is 2.23. The molecule has 2 aromatic rings. The van der Waals surface area contributed by atoms with Crippen molar-refractivity contribution in [2.45, 2.75) is 19.9 Å². The second kappa shape index (κ2) is 7.14. The van der Waals surface area contributed by atoms with Gasteiger partial charge in [-0.2, -0.15) is 0 Å². The molecule has 0 spiro atoms. The lowest BCUT2D eigenvalue weighted by Crippen LogP contribution is -2.24. The van der Waals surface area contributed by atoms with Crippen LogP contribution < -0.4 is 5.32 Å². The summed E-state index contributed by atoms with van der Waals surface area (Å²) in [6.07, 6.45) is 0. The highest BCUT2D eigenvalue weighted by molar-refractivity contribution is 6.30. The van der Waals surface area contributed by atoms with E-state index in [2.05, 4.69) is 5.32 Å². The van der Waals surface area contributed by atoms with E-state index in [0.29, 0.717) is 11.6 Å². The van der Waals surface area contributed by atoms with Gasteiger partial charge in [0, 0.05) is 10.7 Å². The minimum Gasteiger partial charge on any atom is -0.464 e. The van der Waals surface area contributed by atoms with Crippen molar-refractivity contribution in [3.05, 3.63) is 64.7 Å². The Hall–Kier alpha value is -2.00. The summed E-state index contributed by atoms with van der Waals surface area (Å²) >= 11 is 5.99. The average Bonchev–Trinajstić information content (AvgIpc) is 2.46. The molecular weight excluding hydrogens is 286 g/mol. The summed E-state index contributed by atoms with van der Waals surface area (Å²) in [4.78, 5) is 12.3. The first kappa shape index (κ1) is 15.4. The molecule has 1 atom stereocenters. The van der Waals surface area contributed by atoms with Gasteiger partial charge in [-0.1, -0.05) is 41.9 Å².